The van der Waals surface area contributed by atoms with Crippen LogP contribution >= 0.6 is 0 Å². The van der Waals surface area contributed by atoms with Gasteiger partial charge in [-0.15, -0.1) is 0 Å². The first-order valence-corrected chi connectivity index (χ1v) is 7.08. The smallest absolute Gasteiger partial charge is 0.185 e. The van der Waals surface area contributed by atoms with E-state index in [1.165, 1.54) is 5.39 Å². The van der Waals surface area contributed by atoms with Crippen LogP contribution in [0.4, 0.5) is 17.3 Å². The standard InChI is InChI=1S/C17H15N5/c1-10-9-13-15(18)21-22-17(13)20-16(10)19-14-8-4-6-11-5-2-3-7-12(11)14/h2-9H,1H3,(H4,18,19,20,21,22). The number of hydrogen-bond donors (Lipinski definition) is 3. The molecule has 0 spiro atoms. The highest BCUT2D eigenvalue weighted by Gasteiger charge is 2.09. The molecule has 2 aromatic heterocycles. The number of nitrogens with two attached hydrogens (primary N) is 1. The van der Waals surface area contributed by atoms with E-state index in [2.05, 4.69) is 38.7 Å². The Kier molecular flexibility index (Phi) is 2.72. The van der Waals surface area contributed by atoms with E-state index >= 15 is 0 Å². The Bertz CT molecular complexity index is 982. The second kappa shape index (κ2) is 4.73. The maximum absolute atomic E-state index is 5.84. The summed E-state index contributed by atoms with van der Waals surface area (Å²) in [6.07, 6.45) is 0. The zero-order chi connectivity index (χ0) is 15.1. The quantitative estimate of drug-likeness (QED) is 0.525. The van der Waals surface area contributed by atoms with E-state index < -0.39 is 0 Å². The molecule has 0 amide bonds. The zero-order valence-corrected chi connectivity index (χ0v) is 12.1. The molecule has 0 atom stereocenters. The fourth-order valence-corrected chi connectivity index (χ4v) is 2.65. The second-order valence-corrected chi connectivity index (χ2v) is 5.31. The van der Waals surface area contributed by atoms with Crippen LogP contribution in [0.2, 0.25) is 0 Å². The molecule has 0 aliphatic heterocycles. The molecule has 0 fully saturated rings. The second-order valence-electron chi connectivity index (χ2n) is 5.31. The average molecular weight is 289 g/mol. The molecule has 5 nitrogen and oxygen atoms in total. The maximum Gasteiger partial charge on any atom is 0.185 e. The number of aromatic amines is 1. The van der Waals surface area contributed by atoms with Crippen LogP contribution in [0.5, 0.6) is 0 Å². The van der Waals surface area contributed by atoms with Gasteiger partial charge in [-0.1, -0.05) is 36.4 Å². The van der Waals surface area contributed by atoms with E-state index in [0.29, 0.717) is 11.5 Å². The molecule has 0 unspecified atom stereocenters. The summed E-state index contributed by atoms with van der Waals surface area (Å²) in [7, 11) is 0. The van der Waals surface area contributed by atoms with Crippen LogP contribution in [-0.2, 0) is 0 Å². The summed E-state index contributed by atoms with van der Waals surface area (Å²) in [4.78, 5) is 4.56. The van der Waals surface area contributed by atoms with Gasteiger partial charge in [-0.05, 0) is 30.0 Å². The summed E-state index contributed by atoms with van der Waals surface area (Å²) in [5.41, 5.74) is 8.51. The van der Waals surface area contributed by atoms with E-state index in [0.717, 1.165) is 27.8 Å². The number of aryl methyl sites for hydroxylation is 1. The van der Waals surface area contributed by atoms with E-state index in [9.17, 15) is 0 Å². The Hall–Kier alpha value is -3.08. The summed E-state index contributed by atoms with van der Waals surface area (Å²) in [5, 5.41) is 13.5. The third-order valence-corrected chi connectivity index (χ3v) is 3.81. The molecule has 0 saturated heterocycles. The summed E-state index contributed by atoms with van der Waals surface area (Å²) < 4.78 is 0. The van der Waals surface area contributed by atoms with Gasteiger partial charge < -0.3 is 11.1 Å². The lowest BCUT2D eigenvalue weighted by atomic mass is 10.1. The van der Waals surface area contributed by atoms with E-state index in [1.54, 1.807) is 0 Å². The first-order chi connectivity index (χ1) is 10.7. The summed E-state index contributed by atoms with van der Waals surface area (Å²) in [6.45, 7) is 2.01. The van der Waals surface area contributed by atoms with Crippen LogP contribution < -0.4 is 11.1 Å². The van der Waals surface area contributed by atoms with Crippen molar-refractivity contribution in [1.82, 2.24) is 15.2 Å². The van der Waals surface area contributed by atoms with Gasteiger partial charge in [-0.2, -0.15) is 5.10 Å². The van der Waals surface area contributed by atoms with E-state index in [-0.39, 0.29) is 0 Å². The Labute approximate surface area is 127 Å². The summed E-state index contributed by atoms with van der Waals surface area (Å²) >= 11 is 0. The van der Waals surface area contributed by atoms with Crippen molar-refractivity contribution in [2.45, 2.75) is 6.92 Å². The molecule has 0 bridgehead atoms. The molecule has 0 saturated carbocycles. The minimum Gasteiger partial charge on any atom is -0.384 e. The van der Waals surface area contributed by atoms with Crippen LogP contribution in [0.3, 0.4) is 0 Å². The molecular formula is C17H15N5. The number of nitrogens with one attached hydrogen (secondary N) is 2. The SMILES string of the molecule is Cc1cc2c(N)[nH]nc2nc1Nc1cccc2ccccc12. The van der Waals surface area contributed by atoms with Crippen LogP contribution in [0.25, 0.3) is 21.8 Å². The van der Waals surface area contributed by atoms with E-state index in [4.69, 9.17) is 5.73 Å². The van der Waals surface area contributed by atoms with Gasteiger partial charge >= 0.3 is 0 Å². The van der Waals surface area contributed by atoms with Crippen molar-refractivity contribution in [1.29, 1.82) is 0 Å². The van der Waals surface area contributed by atoms with Gasteiger partial charge in [0, 0.05) is 11.1 Å². The van der Waals surface area contributed by atoms with Crippen LogP contribution in [0.15, 0.2) is 48.5 Å². The minimum atomic E-state index is 0.544. The largest absolute Gasteiger partial charge is 0.384 e. The van der Waals surface area contributed by atoms with Gasteiger partial charge in [-0.25, -0.2) is 4.98 Å². The van der Waals surface area contributed by atoms with Crippen LogP contribution in [0, 0.1) is 6.92 Å². The number of anilines is 3. The van der Waals surface area contributed by atoms with Crippen molar-refractivity contribution < 1.29 is 0 Å². The highest BCUT2D eigenvalue weighted by atomic mass is 15.2. The molecule has 5 heteroatoms. The Morgan fingerprint density at radius 2 is 1.86 bits per heavy atom. The van der Waals surface area contributed by atoms with Gasteiger partial charge in [0.15, 0.2) is 5.65 Å². The Morgan fingerprint density at radius 1 is 1.05 bits per heavy atom. The number of aromatic nitrogens is 3. The monoisotopic (exact) mass is 289 g/mol. The van der Waals surface area contributed by atoms with Crippen molar-refractivity contribution in [3.05, 3.63) is 54.1 Å². The molecule has 0 aliphatic carbocycles. The molecule has 2 aromatic carbocycles. The van der Waals surface area contributed by atoms with E-state index in [1.807, 2.05) is 37.3 Å². The first kappa shape index (κ1) is 12.6. The first-order valence-electron chi connectivity index (χ1n) is 7.08. The summed E-state index contributed by atoms with van der Waals surface area (Å²) in [5.74, 6) is 1.33. The van der Waals surface area contributed by atoms with Crippen LogP contribution in [-0.4, -0.2) is 15.2 Å². The highest BCUT2D eigenvalue weighted by molar-refractivity contribution is 5.96. The number of fused-ring (bicyclic) bond motifs is 2. The fraction of sp³-hybridized carbons (Fsp3) is 0.0588. The molecular weight excluding hydrogens is 274 g/mol. The normalized spacial score (nSPS) is 11.1. The topological polar surface area (TPSA) is 79.6 Å². The third kappa shape index (κ3) is 1.95. The molecule has 108 valence electrons. The van der Waals surface area contributed by atoms with Gasteiger partial charge in [0.2, 0.25) is 0 Å². The fourth-order valence-electron chi connectivity index (χ4n) is 2.65. The van der Waals surface area contributed by atoms with Crippen LogP contribution in [0.1, 0.15) is 5.56 Å². The van der Waals surface area contributed by atoms with Gasteiger partial charge in [0.1, 0.15) is 11.6 Å². The number of nitrogens with zero attached hydrogens (tertiary/aromatic N) is 2. The maximum atomic E-state index is 5.84. The van der Waals surface area contributed by atoms with Crippen molar-refractivity contribution in [3.8, 4) is 0 Å². The van der Waals surface area contributed by atoms with Crippen molar-refractivity contribution >= 4 is 39.1 Å². The Balaban J connectivity index is 1.84. The molecule has 2 heterocycles. The molecule has 4 rings (SSSR count). The number of nitrogen functional groups attached to an aromatic ring is 1. The molecule has 4 aromatic rings. The molecule has 0 radical (unpaired) electrons. The van der Waals surface area contributed by atoms with Gasteiger partial charge in [0.05, 0.1) is 5.39 Å². The van der Waals surface area contributed by atoms with Crippen molar-refractivity contribution in [2.75, 3.05) is 11.1 Å². The van der Waals surface area contributed by atoms with Gasteiger partial charge in [-0.3, -0.25) is 5.10 Å². The third-order valence-electron chi connectivity index (χ3n) is 3.81. The number of rotatable bonds is 2. The lowest BCUT2D eigenvalue weighted by molar-refractivity contribution is 1.10. The Morgan fingerprint density at radius 3 is 2.77 bits per heavy atom. The lowest BCUT2D eigenvalue weighted by Crippen LogP contribution is -1.98. The number of pyridine rings is 1. The zero-order valence-electron chi connectivity index (χ0n) is 12.1. The number of H-pyrrole nitrogens is 1. The van der Waals surface area contributed by atoms with Gasteiger partial charge in [0.25, 0.3) is 0 Å². The average Bonchev–Trinajstić information content (AvgIpc) is 2.89. The van der Waals surface area contributed by atoms with Crippen molar-refractivity contribution in [2.24, 2.45) is 0 Å². The molecule has 0 aliphatic rings. The minimum absolute atomic E-state index is 0.544. The highest BCUT2D eigenvalue weighted by Crippen LogP contribution is 2.28. The summed E-state index contributed by atoms with van der Waals surface area (Å²) in [6, 6.07) is 16.4. The lowest BCUT2D eigenvalue weighted by Gasteiger charge is -2.11. The molecule has 4 N–H and O–H groups in total. The number of hydrogen-bond acceptors (Lipinski definition) is 4. The van der Waals surface area contributed by atoms with Crippen molar-refractivity contribution in [3.63, 3.8) is 0 Å². The predicted octanol–water partition coefficient (Wildman–Crippen LogP) is 3.75. The predicted molar refractivity (Wildman–Crippen MR) is 90.3 cm³/mol. The number of benzene rings is 2. The molecule has 22 heavy (non-hydrogen) atoms.